The average molecular weight is 379 g/mol. The van der Waals surface area contributed by atoms with E-state index in [-0.39, 0.29) is 23.8 Å². The number of carbonyl (C=O) groups is 1. The number of aromatic nitrogens is 2. The molecule has 0 spiro atoms. The summed E-state index contributed by atoms with van der Waals surface area (Å²) in [5.41, 5.74) is 1.93. The molecule has 2 aromatic carbocycles. The zero-order valence-electron chi connectivity index (χ0n) is 15.9. The van der Waals surface area contributed by atoms with E-state index in [0.717, 1.165) is 5.56 Å². The Morgan fingerprint density at radius 2 is 1.79 bits per heavy atom. The quantitative estimate of drug-likeness (QED) is 0.661. The molecule has 1 heterocycles. The molecule has 144 valence electrons. The molecule has 0 aliphatic rings. The molecule has 0 saturated heterocycles. The van der Waals surface area contributed by atoms with Gasteiger partial charge in [0, 0.05) is 30.9 Å². The molecular weight excluding hydrogens is 357 g/mol. The van der Waals surface area contributed by atoms with Crippen LogP contribution in [-0.2, 0) is 24.3 Å². The van der Waals surface area contributed by atoms with Gasteiger partial charge in [-0.15, -0.1) is 0 Å². The molecule has 1 amide bonds. The number of rotatable bonds is 6. The van der Waals surface area contributed by atoms with Gasteiger partial charge in [-0.2, -0.15) is 0 Å². The predicted molar refractivity (Wildman–Crippen MR) is 106 cm³/mol. The van der Waals surface area contributed by atoms with Crippen LogP contribution in [0, 0.1) is 5.82 Å². The monoisotopic (exact) mass is 379 g/mol. The first kappa shape index (κ1) is 19.5. The summed E-state index contributed by atoms with van der Waals surface area (Å²) in [5.74, 6) is -0.214. The van der Waals surface area contributed by atoms with E-state index in [1.165, 1.54) is 22.8 Å². The summed E-state index contributed by atoms with van der Waals surface area (Å²) in [7, 11) is 1.70. The number of hydrogen-bond donors (Lipinski definition) is 0. The lowest BCUT2D eigenvalue weighted by atomic mass is 10.2. The van der Waals surface area contributed by atoms with Crippen molar-refractivity contribution in [3.63, 3.8) is 0 Å². The van der Waals surface area contributed by atoms with Gasteiger partial charge in [-0.3, -0.25) is 14.2 Å². The van der Waals surface area contributed by atoms with E-state index < -0.39 is 0 Å². The number of nitrogens with zero attached hydrogens (tertiary/aromatic N) is 3. The Hall–Kier alpha value is -3.28. The van der Waals surface area contributed by atoms with Crippen LogP contribution in [0.5, 0.6) is 0 Å². The molecule has 3 aromatic rings. The number of carbonyl (C=O) groups excluding carboxylic acids is 1. The van der Waals surface area contributed by atoms with Gasteiger partial charge in [0.25, 0.3) is 5.56 Å². The number of likely N-dealkylation sites (N-methyl/N-ethyl adjacent to an activating group) is 1. The van der Waals surface area contributed by atoms with Gasteiger partial charge in [0.2, 0.25) is 5.91 Å². The largest absolute Gasteiger partial charge is 0.340 e. The molecular formula is C22H22FN3O2. The van der Waals surface area contributed by atoms with Crippen molar-refractivity contribution in [2.75, 3.05) is 7.05 Å². The highest BCUT2D eigenvalue weighted by atomic mass is 19.1. The third-order valence-corrected chi connectivity index (χ3v) is 4.51. The summed E-state index contributed by atoms with van der Waals surface area (Å²) >= 11 is 0. The summed E-state index contributed by atoms with van der Waals surface area (Å²) in [6.45, 7) is 2.21. The van der Waals surface area contributed by atoms with Gasteiger partial charge in [-0.25, -0.2) is 9.37 Å². The van der Waals surface area contributed by atoms with E-state index in [2.05, 4.69) is 4.98 Å². The second kappa shape index (κ2) is 8.61. The van der Waals surface area contributed by atoms with Crippen molar-refractivity contribution in [1.29, 1.82) is 0 Å². The maximum Gasteiger partial charge on any atom is 0.254 e. The molecule has 0 unspecified atom stereocenters. The number of halogens is 1. The fraction of sp³-hybridized carbons (Fsp3) is 0.227. The third kappa shape index (κ3) is 4.52. The fourth-order valence-electron chi connectivity index (χ4n) is 2.91. The van der Waals surface area contributed by atoms with Gasteiger partial charge < -0.3 is 4.90 Å². The van der Waals surface area contributed by atoms with E-state index in [9.17, 15) is 14.0 Å². The summed E-state index contributed by atoms with van der Waals surface area (Å²) in [5, 5.41) is 0. The first-order valence-electron chi connectivity index (χ1n) is 9.12. The van der Waals surface area contributed by atoms with Gasteiger partial charge >= 0.3 is 0 Å². The molecule has 0 saturated carbocycles. The predicted octanol–water partition coefficient (Wildman–Crippen LogP) is 3.27. The van der Waals surface area contributed by atoms with Gasteiger partial charge in [-0.1, -0.05) is 37.3 Å². The van der Waals surface area contributed by atoms with Crippen LogP contribution in [0.15, 0.2) is 65.5 Å². The summed E-state index contributed by atoms with van der Waals surface area (Å²) < 4.78 is 14.6. The molecule has 0 aliphatic heterocycles. The maximum absolute atomic E-state index is 13.3. The molecule has 3 rings (SSSR count). The molecule has 0 bridgehead atoms. The minimum Gasteiger partial charge on any atom is -0.340 e. The lowest BCUT2D eigenvalue weighted by Gasteiger charge is -2.19. The van der Waals surface area contributed by atoms with Crippen molar-refractivity contribution in [3.8, 4) is 11.4 Å². The highest BCUT2D eigenvalue weighted by Gasteiger charge is 2.16. The Balaban J connectivity index is 1.91. The number of amides is 1. The fourth-order valence-corrected chi connectivity index (χ4v) is 2.91. The van der Waals surface area contributed by atoms with Crippen LogP contribution in [0.4, 0.5) is 4.39 Å². The van der Waals surface area contributed by atoms with Crippen LogP contribution in [-0.4, -0.2) is 27.4 Å². The SMILES string of the molecule is CCc1cc(=O)n(CC(=O)N(C)Cc2ccccc2)c(-c2ccc(F)cc2)n1. The van der Waals surface area contributed by atoms with Crippen molar-refractivity contribution in [3.05, 3.63) is 88.1 Å². The van der Waals surface area contributed by atoms with Crippen LogP contribution in [0.2, 0.25) is 0 Å². The Kier molecular flexibility index (Phi) is 5.99. The summed E-state index contributed by atoms with van der Waals surface area (Å²) in [6.07, 6.45) is 0.589. The minimum absolute atomic E-state index is 0.133. The lowest BCUT2D eigenvalue weighted by Crippen LogP contribution is -2.34. The topological polar surface area (TPSA) is 55.2 Å². The molecule has 6 heteroatoms. The number of benzene rings is 2. The molecule has 0 atom stereocenters. The van der Waals surface area contributed by atoms with E-state index in [1.54, 1.807) is 24.1 Å². The molecule has 5 nitrogen and oxygen atoms in total. The Bertz CT molecular complexity index is 1010. The van der Waals surface area contributed by atoms with Gasteiger partial charge in [0.05, 0.1) is 0 Å². The molecule has 28 heavy (non-hydrogen) atoms. The highest BCUT2D eigenvalue weighted by Crippen LogP contribution is 2.17. The first-order chi connectivity index (χ1) is 13.5. The molecule has 1 aromatic heterocycles. The van der Waals surface area contributed by atoms with Gasteiger partial charge in [0.15, 0.2) is 0 Å². The zero-order valence-corrected chi connectivity index (χ0v) is 15.9. The lowest BCUT2D eigenvalue weighted by molar-refractivity contribution is -0.131. The minimum atomic E-state index is -0.372. The Morgan fingerprint density at radius 3 is 2.43 bits per heavy atom. The van der Waals surface area contributed by atoms with E-state index >= 15 is 0 Å². The van der Waals surface area contributed by atoms with Crippen molar-refractivity contribution in [1.82, 2.24) is 14.5 Å². The van der Waals surface area contributed by atoms with E-state index in [4.69, 9.17) is 0 Å². The molecule has 0 N–H and O–H groups in total. The third-order valence-electron chi connectivity index (χ3n) is 4.51. The average Bonchev–Trinajstić information content (AvgIpc) is 2.70. The van der Waals surface area contributed by atoms with Gasteiger partial charge in [-0.05, 0) is 36.2 Å². The summed E-state index contributed by atoms with van der Waals surface area (Å²) in [4.78, 5) is 31.5. The van der Waals surface area contributed by atoms with Crippen molar-refractivity contribution in [2.45, 2.75) is 26.4 Å². The highest BCUT2D eigenvalue weighted by molar-refractivity contribution is 5.76. The van der Waals surface area contributed by atoms with Crippen LogP contribution in [0.1, 0.15) is 18.2 Å². The second-order valence-corrected chi connectivity index (χ2v) is 6.59. The van der Waals surface area contributed by atoms with Crippen LogP contribution < -0.4 is 5.56 Å². The molecule has 0 fully saturated rings. The van der Waals surface area contributed by atoms with Crippen molar-refractivity contribution >= 4 is 5.91 Å². The molecule has 0 radical (unpaired) electrons. The van der Waals surface area contributed by atoms with Crippen LogP contribution >= 0.6 is 0 Å². The van der Waals surface area contributed by atoms with Crippen LogP contribution in [0.3, 0.4) is 0 Å². The Labute approximate surface area is 163 Å². The normalized spacial score (nSPS) is 10.7. The van der Waals surface area contributed by atoms with E-state index in [0.29, 0.717) is 30.0 Å². The Morgan fingerprint density at radius 1 is 1.11 bits per heavy atom. The molecule has 0 aliphatic carbocycles. The van der Waals surface area contributed by atoms with Gasteiger partial charge in [0.1, 0.15) is 18.2 Å². The van der Waals surface area contributed by atoms with Crippen molar-refractivity contribution in [2.24, 2.45) is 0 Å². The second-order valence-electron chi connectivity index (χ2n) is 6.59. The first-order valence-corrected chi connectivity index (χ1v) is 9.12. The number of aryl methyl sites for hydroxylation is 1. The van der Waals surface area contributed by atoms with Crippen molar-refractivity contribution < 1.29 is 9.18 Å². The summed E-state index contributed by atoms with van der Waals surface area (Å²) in [6, 6.07) is 16.8. The standard InChI is InChI=1S/C22H22FN3O2/c1-3-19-13-20(27)26(22(24-19)17-9-11-18(23)12-10-17)15-21(28)25(2)14-16-7-5-4-6-8-16/h4-13H,3,14-15H2,1-2H3. The zero-order chi connectivity index (χ0) is 20.1. The smallest absolute Gasteiger partial charge is 0.254 e. The van der Waals surface area contributed by atoms with E-state index in [1.807, 2.05) is 37.3 Å². The maximum atomic E-state index is 13.3. The van der Waals surface area contributed by atoms with Crippen LogP contribution in [0.25, 0.3) is 11.4 Å². The number of hydrogen-bond acceptors (Lipinski definition) is 3.